The zero-order chi connectivity index (χ0) is 15.2. The number of amides is 1. The van der Waals surface area contributed by atoms with Gasteiger partial charge in [0.05, 0.1) is 0 Å². The van der Waals surface area contributed by atoms with Gasteiger partial charge in [0.1, 0.15) is 0 Å². The summed E-state index contributed by atoms with van der Waals surface area (Å²) in [6.07, 6.45) is 2.07. The summed E-state index contributed by atoms with van der Waals surface area (Å²) in [6.45, 7) is 1.76. The van der Waals surface area contributed by atoms with Crippen molar-refractivity contribution in [3.63, 3.8) is 0 Å². The molecule has 0 fully saturated rings. The minimum Gasteiger partial charge on any atom is -0.396 e. The molecule has 0 saturated carbocycles. The number of hydrogen-bond donors (Lipinski definition) is 2. The molecule has 0 aliphatic carbocycles. The summed E-state index contributed by atoms with van der Waals surface area (Å²) in [6, 6.07) is 0. The van der Waals surface area contributed by atoms with Gasteiger partial charge in [-0.3, -0.25) is 4.79 Å². The first kappa shape index (κ1) is 17.0. The lowest BCUT2D eigenvalue weighted by Crippen LogP contribution is -2.28. The normalized spacial score (nSPS) is 11.8. The first-order valence-corrected chi connectivity index (χ1v) is 8.32. The standard InChI is InChI=1S/C10H18N4O4S2/c1-8(16)11-9-12-13-10(19-9)20(17,18)14(2)6-4-3-5-7-15/h15H,3-7H2,1-2H3,(H,11,12,16). The molecule has 0 radical (unpaired) electrons. The second-order valence-electron chi connectivity index (χ2n) is 4.17. The zero-order valence-corrected chi connectivity index (χ0v) is 13.0. The molecule has 114 valence electrons. The fourth-order valence-electron chi connectivity index (χ4n) is 1.39. The molecule has 0 aromatic carbocycles. The van der Waals surface area contributed by atoms with E-state index < -0.39 is 10.0 Å². The third-order valence-electron chi connectivity index (χ3n) is 2.45. The monoisotopic (exact) mass is 322 g/mol. The van der Waals surface area contributed by atoms with Crippen LogP contribution in [0.2, 0.25) is 0 Å². The van der Waals surface area contributed by atoms with Crippen molar-refractivity contribution in [2.45, 2.75) is 30.5 Å². The van der Waals surface area contributed by atoms with E-state index in [1.807, 2.05) is 0 Å². The topological polar surface area (TPSA) is 112 Å². The van der Waals surface area contributed by atoms with Crippen LogP contribution in [0.15, 0.2) is 4.34 Å². The molecule has 0 aliphatic heterocycles. The van der Waals surface area contributed by atoms with Crippen molar-refractivity contribution in [1.82, 2.24) is 14.5 Å². The molecule has 1 rings (SSSR count). The Kier molecular flexibility index (Phi) is 6.46. The maximum Gasteiger partial charge on any atom is 0.272 e. The number of nitrogens with zero attached hydrogens (tertiary/aromatic N) is 3. The molecule has 1 heterocycles. The number of nitrogens with one attached hydrogen (secondary N) is 1. The number of carbonyl (C=O) groups is 1. The van der Waals surface area contributed by atoms with Crippen molar-refractivity contribution in [1.29, 1.82) is 0 Å². The molecule has 0 aliphatic rings. The average molecular weight is 322 g/mol. The van der Waals surface area contributed by atoms with Crippen LogP contribution in [0.1, 0.15) is 26.2 Å². The van der Waals surface area contributed by atoms with E-state index in [0.29, 0.717) is 19.4 Å². The largest absolute Gasteiger partial charge is 0.396 e. The van der Waals surface area contributed by atoms with Crippen molar-refractivity contribution >= 4 is 32.4 Å². The minimum atomic E-state index is -3.68. The molecule has 10 heteroatoms. The van der Waals surface area contributed by atoms with E-state index in [9.17, 15) is 13.2 Å². The number of aromatic nitrogens is 2. The first-order valence-electron chi connectivity index (χ1n) is 6.06. The SMILES string of the molecule is CC(=O)Nc1nnc(S(=O)(=O)N(C)CCCCCO)s1. The fraction of sp³-hybridized carbons (Fsp3) is 0.700. The highest BCUT2D eigenvalue weighted by Gasteiger charge is 2.25. The number of aliphatic hydroxyl groups excluding tert-OH is 1. The van der Waals surface area contributed by atoms with Crippen molar-refractivity contribution in [2.75, 3.05) is 25.5 Å². The van der Waals surface area contributed by atoms with E-state index in [1.165, 1.54) is 18.3 Å². The lowest BCUT2D eigenvalue weighted by atomic mass is 10.2. The maximum absolute atomic E-state index is 12.2. The van der Waals surface area contributed by atoms with Gasteiger partial charge in [0.25, 0.3) is 10.0 Å². The molecule has 0 spiro atoms. The third kappa shape index (κ3) is 4.78. The van der Waals surface area contributed by atoms with Crippen molar-refractivity contribution in [3.05, 3.63) is 0 Å². The van der Waals surface area contributed by atoms with Crippen LogP contribution in [0.3, 0.4) is 0 Å². The van der Waals surface area contributed by atoms with Crippen molar-refractivity contribution in [2.24, 2.45) is 0 Å². The Balaban J connectivity index is 2.67. The van der Waals surface area contributed by atoms with Crippen LogP contribution < -0.4 is 5.32 Å². The fourth-order valence-corrected chi connectivity index (χ4v) is 3.73. The zero-order valence-electron chi connectivity index (χ0n) is 11.4. The Morgan fingerprint density at radius 2 is 2.05 bits per heavy atom. The average Bonchev–Trinajstić information content (AvgIpc) is 2.82. The van der Waals surface area contributed by atoms with Crippen molar-refractivity contribution < 1.29 is 18.3 Å². The summed E-state index contributed by atoms with van der Waals surface area (Å²) in [5, 5.41) is 18.4. The molecular formula is C10H18N4O4S2. The number of carbonyl (C=O) groups excluding carboxylic acids is 1. The highest BCUT2D eigenvalue weighted by atomic mass is 32.2. The Hall–Kier alpha value is -1.10. The minimum absolute atomic E-state index is 0.104. The predicted octanol–water partition coefficient (Wildman–Crippen LogP) is 0.280. The molecule has 0 bridgehead atoms. The van der Waals surface area contributed by atoms with Crippen LogP contribution in [0.5, 0.6) is 0 Å². The molecular weight excluding hydrogens is 304 g/mol. The summed E-state index contributed by atoms with van der Waals surface area (Å²) in [7, 11) is -2.21. The van der Waals surface area contributed by atoms with E-state index in [-0.39, 0.29) is 22.0 Å². The molecule has 1 amide bonds. The molecule has 20 heavy (non-hydrogen) atoms. The lowest BCUT2D eigenvalue weighted by Gasteiger charge is -2.14. The van der Waals surface area contributed by atoms with Crippen LogP contribution in [-0.2, 0) is 14.8 Å². The van der Waals surface area contributed by atoms with Crippen molar-refractivity contribution in [3.8, 4) is 0 Å². The molecule has 0 atom stereocenters. The van der Waals surface area contributed by atoms with Gasteiger partial charge in [-0.25, -0.2) is 8.42 Å². The van der Waals surface area contributed by atoms with E-state index in [1.54, 1.807) is 0 Å². The number of rotatable bonds is 8. The Bertz CT molecular complexity index is 543. The van der Waals surface area contributed by atoms with Gasteiger partial charge >= 0.3 is 0 Å². The van der Waals surface area contributed by atoms with Crippen LogP contribution in [0, 0.1) is 0 Å². The number of anilines is 1. The molecule has 2 N–H and O–H groups in total. The van der Waals surface area contributed by atoms with Gasteiger partial charge in [0, 0.05) is 27.1 Å². The van der Waals surface area contributed by atoms with Crippen LogP contribution in [0.4, 0.5) is 5.13 Å². The van der Waals surface area contributed by atoms with E-state index in [0.717, 1.165) is 17.8 Å². The van der Waals surface area contributed by atoms with Gasteiger partial charge in [-0.05, 0) is 19.3 Å². The summed E-state index contributed by atoms with van der Waals surface area (Å²) < 4.78 is 25.4. The van der Waals surface area contributed by atoms with E-state index in [2.05, 4.69) is 15.5 Å². The van der Waals surface area contributed by atoms with Gasteiger partial charge in [-0.1, -0.05) is 11.3 Å². The predicted molar refractivity (Wildman–Crippen MR) is 75.0 cm³/mol. The smallest absolute Gasteiger partial charge is 0.272 e. The van der Waals surface area contributed by atoms with Crippen LogP contribution >= 0.6 is 11.3 Å². The highest BCUT2D eigenvalue weighted by Crippen LogP contribution is 2.22. The third-order valence-corrected chi connectivity index (χ3v) is 5.49. The van der Waals surface area contributed by atoms with Gasteiger partial charge < -0.3 is 10.4 Å². The Morgan fingerprint density at radius 3 is 2.65 bits per heavy atom. The summed E-state index contributed by atoms with van der Waals surface area (Å²) in [4.78, 5) is 10.9. The van der Waals surface area contributed by atoms with Gasteiger partial charge in [0.15, 0.2) is 0 Å². The number of aliphatic hydroxyl groups is 1. The van der Waals surface area contributed by atoms with Gasteiger partial charge in [-0.2, -0.15) is 4.31 Å². The lowest BCUT2D eigenvalue weighted by molar-refractivity contribution is -0.114. The summed E-state index contributed by atoms with van der Waals surface area (Å²) in [5.41, 5.74) is 0. The number of unbranched alkanes of at least 4 members (excludes halogenated alkanes) is 2. The molecule has 0 saturated heterocycles. The van der Waals surface area contributed by atoms with E-state index in [4.69, 9.17) is 5.11 Å². The summed E-state index contributed by atoms with van der Waals surface area (Å²) >= 11 is 0.816. The quantitative estimate of drug-likeness (QED) is 0.525. The van der Waals surface area contributed by atoms with Crippen LogP contribution in [0.25, 0.3) is 0 Å². The number of hydrogen-bond acceptors (Lipinski definition) is 7. The van der Waals surface area contributed by atoms with Crippen LogP contribution in [-0.4, -0.2) is 54.1 Å². The summed E-state index contributed by atoms with van der Waals surface area (Å²) in [5.74, 6) is -0.331. The molecule has 1 aromatic heterocycles. The van der Waals surface area contributed by atoms with E-state index >= 15 is 0 Å². The second kappa shape index (κ2) is 7.62. The number of sulfonamides is 1. The van der Waals surface area contributed by atoms with Gasteiger partial charge in [0.2, 0.25) is 15.4 Å². The Morgan fingerprint density at radius 1 is 1.35 bits per heavy atom. The Labute approximate surface area is 121 Å². The highest BCUT2D eigenvalue weighted by molar-refractivity contribution is 7.91. The molecule has 8 nitrogen and oxygen atoms in total. The van der Waals surface area contributed by atoms with Gasteiger partial charge in [-0.15, -0.1) is 10.2 Å². The second-order valence-corrected chi connectivity index (χ2v) is 7.36. The molecule has 1 aromatic rings. The first-order chi connectivity index (χ1) is 9.37. The maximum atomic E-state index is 12.2. The molecule has 0 unspecified atom stereocenters.